The minimum absolute atomic E-state index is 0.838. The van der Waals surface area contributed by atoms with Crippen molar-refractivity contribution in [2.75, 3.05) is 0 Å². The van der Waals surface area contributed by atoms with Crippen molar-refractivity contribution in [3.8, 4) is 0 Å². The molecule has 0 radical (unpaired) electrons. The third-order valence-corrected chi connectivity index (χ3v) is 1.63. The molecule has 1 aromatic rings. The molecule has 0 bridgehead atoms. The Morgan fingerprint density at radius 2 is 1.67 bits per heavy atom. The molecule has 3 heteroatoms. The number of hydrogen-bond donors (Lipinski definition) is 0. The Labute approximate surface area is 73.3 Å². The summed E-state index contributed by atoms with van der Waals surface area (Å²) in [5, 5.41) is 0. The highest BCUT2D eigenvalue weighted by Crippen LogP contribution is 1.98. The molecule has 0 aromatic carbocycles. The van der Waals surface area contributed by atoms with Crippen LogP contribution in [0.5, 0.6) is 0 Å². The maximum Gasteiger partial charge on any atom is 0.132 e. The largest absolute Gasteiger partial charge is 0.218 e. The lowest BCUT2D eigenvalue weighted by atomic mass is 10.3. The normalized spacial score (nSPS) is 10.2. The van der Waals surface area contributed by atoms with Gasteiger partial charge in [0.15, 0.2) is 0 Å². The van der Waals surface area contributed by atoms with Gasteiger partial charge >= 0.3 is 0 Å². The molecule has 3 nitrogen and oxygen atoms in total. The molecule has 0 N–H and O–H groups in total. The standard InChI is InChI=1S/C9H15N3/c1-4-6-9-11-7(3)10-8(5-2)12-9/h4-6H2,1-3H3. The zero-order chi connectivity index (χ0) is 8.97. The third kappa shape index (κ3) is 2.26. The Kier molecular flexibility index (Phi) is 3.14. The molecule has 0 aliphatic rings. The highest BCUT2D eigenvalue weighted by molar-refractivity contribution is 4.95. The van der Waals surface area contributed by atoms with Crippen molar-refractivity contribution in [3.05, 3.63) is 17.5 Å². The second-order valence-electron chi connectivity index (χ2n) is 2.82. The summed E-state index contributed by atoms with van der Waals surface area (Å²) in [6.07, 6.45) is 2.93. The first-order chi connectivity index (χ1) is 5.76. The van der Waals surface area contributed by atoms with Crippen LogP contribution in [0.1, 0.15) is 37.7 Å². The smallest absolute Gasteiger partial charge is 0.132 e. The summed E-state index contributed by atoms with van der Waals surface area (Å²) >= 11 is 0. The van der Waals surface area contributed by atoms with E-state index in [0.717, 1.165) is 36.7 Å². The molecular weight excluding hydrogens is 150 g/mol. The minimum Gasteiger partial charge on any atom is -0.218 e. The van der Waals surface area contributed by atoms with Crippen LogP contribution >= 0.6 is 0 Å². The van der Waals surface area contributed by atoms with Gasteiger partial charge in [0, 0.05) is 12.8 Å². The van der Waals surface area contributed by atoms with Gasteiger partial charge in [-0.1, -0.05) is 13.8 Å². The van der Waals surface area contributed by atoms with Gasteiger partial charge < -0.3 is 0 Å². The Morgan fingerprint density at radius 1 is 1.00 bits per heavy atom. The summed E-state index contributed by atoms with van der Waals surface area (Å²) in [4.78, 5) is 12.8. The monoisotopic (exact) mass is 165 g/mol. The van der Waals surface area contributed by atoms with Crippen LogP contribution in [0.15, 0.2) is 0 Å². The van der Waals surface area contributed by atoms with E-state index in [1.54, 1.807) is 0 Å². The molecule has 0 saturated carbocycles. The first kappa shape index (κ1) is 9.10. The van der Waals surface area contributed by atoms with Crippen molar-refractivity contribution in [1.82, 2.24) is 15.0 Å². The molecule has 66 valence electrons. The summed E-state index contributed by atoms with van der Waals surface area (Å²) in [5.41, 5.74) is 0. The maximum atomic E-state index is 4.32. The predicted molar refractivity (Wildman–Crippen MR) is 47.9 cm³/mol. The highest BCUT2D eigenvalue weighted by atomic mass is 15.0. The average molecular weight is 165 g/mol. The van der Waals surface area contributed by atoms with Gasteiger partial charge in [-0.2, -0.15) is 0 Å². The molecule has 1 aromatic heterocycles. The van der Waals surface area contributed by atoms with E-state index in [2.05, 4.69) is 28.8 Å². The number of aromatic nitrogens is 3. The van der Waals surface area contributed by atoms with Crippen molar-refractivity contribution < 1.29 is 0 Å². The van der Waals surface area contributed by atoms with Gasteiger partial charge in [0.25, 0.3) is 0 Å². The van der Waals surface area contributed by atoms with E-state index >= 15 is 0 Å². The van der Waals surface area contributed by atoms with Crippen LogP contribution in [-0.2, 0) is 12.8 Å². The van der Waals surface area contributed by atoms with Crippen LogP contribution in [0.25, 0.3) is 0 Å². The topological polar surface area (TPSA) is 38.7 Å². The summed E-state index contributed by atoms with van der Waals surface area (Å²) in [6, 6.07) is 0. The second kappa shape index (κ2) is 4.14. The quantitative estimate of drug-likeness (QED) is 0.684. The van der Waals surface area contributed by atoms with Gasteiger partial charge in [-0.05, 0) is 13.3 Å². The summed E-state index contributed by atoms with van der Waals surface area (Å²) in [6.45, 7) is 6.11. The Hall–Kier alpha value is -0.990. The molecule has 0 spiro atoms. The molecule has 0 aliphatic heterocycles. The SMILES string of the molecule is CCCc1nc(C)nc(CC)n1. The van der Waals surface area contributed by atoms with Crippen LogP contribution in [-0.4, -0.2) is 15.0 Å². The predicted octanol–water partition coefficient (Wildman–Crippen LogP) is 1.69. The molecule has 1 heterocycles. The summed E-state index contributed by atoms with van der Waals surface area (Å²) < 4.78 is 0. The lowest BCUT2D eigenvalue weighted by Gasteiger charge is -2.01. The number of nitrogens with zero attached hydrogens (tertiary/aromatic N) is 3. The van der Waals surface area contributed by atoms with Crippen molar-refractivity contribution >= 4 is 0 Å². The number of aryl methyl sites for hydroxylation is 3. The zero-order valence-electron chi connectivity index (χ0n) is 7.96. The van der Waals surface area contributed by atoms with Crippen LogP contribution in [0.3, 0.4) is 0 Å². The van der Waals surface area contributed by atoms with Crippen molar-refractivity contribution in [2.45, 2.75) is 40.0 Å². The van der Waals surface area contributed by atoms with Crippen molar-refractivity contribution in [2.24, 2.45) is 0 Å². The van der Waals surface area contributed by atoms with E-state index in [9.17, 15) is 0 Å². The third-order valence-electron chi connectivity index (χ3n) is 1.63. The fourth-order valence-electron chi connectivity index (χ4n) is 1.09. The van der Waals surface area contributed by atoms with E-state index in [1.807, 2.05) is 6.92 Å². The Bertz CT molecular complexity index is 258. The molecule has 0 fully saturated rings. The maximum absolute atomic E-state index is 4.32. The molecule has 0 unspecified atom stereocenters. The molecule has 12 heavy (non-hydrogen) atoms. The van der Waals surface area contributed by atoms with Gasteiger partial charge in [0.2, 0.25) is 0 Å². The lowest BCUT2D eigenvalue weighted by Crippen LogP contribution is -2.04. The van der Waals surface area contributed by atoms with Gasteiger partial charge in [-0.15, -0.1) is 0 Å². The Balaban J connectivity index is 2.90. The van der Waals surface area contributed by atoms with Crippen LogP contribution in [0.4, 0.5) is 0 Å². The van der Waals surface area contributed by atoms with Crippen molar-refractivity contribution in [3.63, 3.8) is 0 Å². The van der Waals surface area contributed by atoms with Gasteiger partial charge in [0.1, 0.15) is 17.5 Å². The van der Waals surface area contributed by atoms with E-state index in [0.29, 0.717) is 0 Å². The number of hydrogen-bond acceptors (Lipinski definition) is 3. The number of rotatable bonds is 3. The fraction of sp³-hybridized carbons (Fsp3) is 0.667. The van der Waals surface area contributed by atoms with Gasteiger partial charge in [-0.3, -0.25) is 0 Å². The van der Waals surface area contributed by atoms with Crippen LogP contribution < -0.4 is 0 Å². The molecule has 1 rings (SSSR count). The van der Waals surface area contributed by atoms with E-state index < -0.39 is 0 Å². The average Bonchev–Trinajstić information content (AvgIpc) is 2.04. The van der Waals surface area contributed by atoms with E-state index in [4.69, 9.17) is 0 Å². The second-order valence-corrected chi connectivity index (χ2v) is 2.82. The van der Waals surface area contributed by atoms with Gasteiger partial charge in [-0.25, -0.2) is 15.0 Å². The van der Waals surface area contributed by atoms with Crippen LogP contribution in [0.2, 0.25) is 0 Å². The molecule has 0 aliphatic carbocycles. The fourth-order valence-corrected chi connectivity index (χ4v) is 1.09. The molecule has 0 saturated heterocycles. The Morgan fingerprint density at radius 3 is 2.25 bits per heavy atom. The highest BCUT2D eigenvalue weighted by Gasteiger charge is 2.00. The van der Waals surface area contributed by atoms with Crippen LogP contribution in [0, 0.1) is 6.92 Å². The summed E-state index contributed by atoms with van der Waals surface area (Å²) in [5.74, 6) is 2.68. The first-order valence-corrected chi connectivity index (χ1v) is 4.46. The summed E-state index contributed by atoms with van der Waals surface area (Å²) in [7, 11) is 0. The lowest BCUT2D eigenvalue weighted by molar-refractivity contribution is 0.761. The molecule has 0 atom stereocenters. The minimum atomic E-state index is 0.838. The van der Waals surface area contributed by atoms with Crippen molar-refractivity contribution in [1.29, 1.82) is 0 Å². The zero-order valence-corrected chi connectivity index (χ0v) is 7.96. The first-order valence-electron chi connectivity index (χ1n) is 4.46. The van der Waals surface area contributed by atoms with E-state index in [-0.39, 0.29) is 0 Å². The van der Waals surface area contributed by atoms with Gasteiger partial charge in [0.05, 0.1) is 0 Å². The molecular formula is C9H15N3. The molecule has 0 amide bonds. The van der Waals surface area contributed by atoms with E-state index in [1.165, 1.54) is 0 Å².